The molecule has 1 atom stereocenters. The van der Waals surface area contributed by atoms with Gasteiger partial charge in [-0.1, -0.05) is 6.92 Å². The van der Waals surface area contributed by atoms with E-state index in [1.54, 1.807) is 17.0 Å². The Bertz CT molecular complexity index is 440. The number of hydrogen-bond acceptors (Lipinski definition) is 4. The summed E-state index contributed by atoms with van der Waals surface area (Å²) in [6.07, 6.45) is 2.32. The van der Waals surface area contributed by atoms with E-state index in [-0.39, 0.29) is 18.3 Å². The van der Waals surface area contributed by atoms with E-state index in [2.05, 4.69) is 4.98 Å². The van der Waals surface area contributed by atoms with E-state index in [1.165, 1.54) is 6.20 Å². The molecule has 0 bridgehead atoms. The van der Waals surface area contributed by atoms with Gasteiger partial charge >= 0.3 is 5.97 Å². The fraction of sp³-hybridized carbons (Fsp3) is 0.417. The third-order valence-corrected chi connectivity index (χ3v) is 2.63. The molecule has 0 aliphatic carbocycles. The Morgan fingerprint density at radius 2 is 2.41 bits per heavy atom. The van der Waals surface area contributed by atoms with Gasteiger partial charge in [0.25, 0.3) is 0 Å². The van der Waals surface area contributed by atoms with Crippen LogP contribution in [0.25, 0.3) is 0 Å². The average Bonchev–Trinajstić information content (AvgIpc) is 2.34. The summed E-state index contributed by atoms with van der Waals surface area (Å²) in [6.45, 7) is 3.77. The number of carbonyl (C=O) groups is 1. The molecule has 5 heteroatoms. The summed E-state index contributed by atoms with van der Waals surface area (Å²) < 4.78 is 0. The van der Waals surface area contributed by atoms with Crippen molar-refractivity contribution in [1.82, 2.24) is 4.98 Å². The monoisotopic (exact) mass is 233 g/mol. The Hall–Kier alpha value is -2.09. The van der Waals surface area contributed by atoms with Crippen LogP contribution in [0.15, 0.2) is 18.3 Å². The van der Waals surface area contributed by atoms with E-state index in [0.29, 0.717) is 5.69 Å². The maximum Gasteiger partial charge on any atom is 0.323 e. The van der Waals surface area contributed by atoms with E-state index in [0.717, 1.165) is 6.42 Å². The lowest BCUT2D eigenvalue weighted by atomic mass is 10.1. The van der Waals surface area contributed by atoms with Crippen molar-refractivity contribution < 1.29 is 9.90 Å². The lowest BCUT2D eigenvalue weighted by Gasteiger charge is -2.29. The largest absolute Gasteiger partial charge is 0.480 e. The summed E-state index contributed by atoms with van der Waals surface area (Å²) in [6, 6.07) is 5.45. The Balaban J connectivity index is 3.12. The van der Waals surface area contributed by atoms with Crippen molar-refractivity contribution in [3.8, 4) is 6.07 Å². The van der Waals surface area contributed by atoms with E-state index in [4.69, 9.17) is 10.4 Å². The number of carboxylic acids is 1. The van der Waals surface area contributed by atoms with Gasteiger partial charge in [-0.2, -0.15) is 5.26 Å². The van der Waals surface area contributed by atoms with Crippen LogP contribution in [-0.2, 0) is 4.79 Å². The Kier molecular flexibility index (Phi) is 4.46. The molecule has 0 amide bonds. The van der Waals surface area contributed by atoms with Gasteiger partial charge in [-0.25, -0.2) is 4.98 Å². The summed E-state index contributed by atoms with van der Waals surface area (Å²) >= 11 is 0. The van der Waals surface area contributed by atoms with Crippen LogP contribution in [0.2, 0.25) is 0 Å². The molecule has 0 saturated heterocycles. The molecular formula is C12H15N3O2. The van der Waals surface area contributed by atoms with E-state index in [1.807, 2.05) is 19.9 Å². The van der Waals surface area contributed by atoms with Gasteiger partial charge in [0.1, 0.15) is 12.6 Å². The molecule has 0 aliphatic heterocycles. The highest BCUT2D eigenvalue weighted by molar-refractivity contribution is 5.75. The van der Waals surface area contributed by atoms with Crippen LogP contribution >= 0.6 is 0 Å². The summed E-state index contributed by atoms with van der Waals surface area (Å²) in [7, 11) is 0. The number of anilines is 1. The lowest BCUT2D eigenvalue weighted by molar-refractivity contribution is -0.135. The molecule has 1 aromatic rings. The van der Waals surface area contributed by atoms with Crippen LogP contribution in [0.1, 0.15) is 26.0 Å². The van der Waals surface area contributed by atoms with Crippen LogP contribution in [0, 0.1) is 11.3 Å². The maximum atomic E-state index is 10.9. The second-order valence-corrected chi connectivity index (χ2v) is 3.76. The Labute approximate surface area is 100 Å². The fourth-order valence-corrected chi connectivity index (χ4v) is 1.56. The molecule has 0 radical (unpaired) electrons. The van der Waals surface area contributed by atoms with Crippen LogP contribution < -0.4 is 4.90 Å². The van der Waals surface area contributed by atoms with Gasteiger partial charge < -0.3 is 10.0 Å². The topological polar surface area (TPSA) is 77.2 Å². The number of rotatable bonds is 5. The summed E-state index contributed by atoms with van der Waals surface area (Å²) in [5, 5.41) is 17.9. The number of carboxylic acid groups (broad SMARTS) is 1. The predicted octanol–water partition coefficient (Wildman–Crippen LogP) is 1.64. The molecule has 17 heavy (non-hydrogen) atoms. The van der Waals surface area contributed by atoms with Gasteiger partial charge in [0, 0.05) is 12.2 Å². The number of nitrogens with zero attached hydrogens (tertiary/aromatic N) is 3. The summed E-state index contributed by atoms with van der Waals surface area (Å²) in [5.74, 6) is -0.918. The Morgan fingerprint density at radius 3 is 2.94 bits per heavy atom. The van der Waals surface area contributed by atoms with Crippen molar-refractivity contribution in [3.05, 3.63) is 24.0 Å². The molecule has 0 saturated carbocycles. The SMILES string of the molecule is CCC(C)N(CC(=O)O)c1cccnc1C#N. The van der Waals surface area contributed by atoms with Gasteiger partial charge in [0.15, 0.2) is 5.69 Å². The minimum absolute atomic E-state index is 0.0439. The van der Waals surface area contributed by atoms with Crippen molar-refractivity contribution in [1.29, 1.82) is 5.26 Å². The summed E-state index contributed by atoms with van der Waals surface area (Å²) in [4.78, 5) is 16.5. The van der Waals surface area contributed by atoms with Gasteiger partial charge in [-0.05, 0) is 25.5 Å². The fourth-order valence-electron chi connectivity index (χ4n) is 1.56. The van der Waals surface area contributed by atoms with Gasteiger partial charge in [-0.3, -0.25) is 4.79 Å². The molecule has 1 unspecified atom stereocenters. The molecule has 1 heterocycles. The molecule has 5 nitrogen and oxygen atoms in total. The van der Waals surface area contributed by atoms with Crippen LogP contribution in [0.5, 0.6) is 0 Å². The summed E-state index contributed by atoms with van der Waals surface area (Å²) in [5.41, 5.74) is 0.834. The van der Waals surface area contributed by atoms with Crippen molar-refractivity contribution >= 4 is 11.7 Å². The molecular weight excluding hydrogens is 218 g/mol. The smallest absolute Gasteiger partial charge is 0.323 e. The minimum atomic E-state index is -0.918. The normalized spacial score (nSPS) is 11.6. The molecule has 0 aliphatic rings. The third kappa shape index (κ3) is 3.18. The van der Waals surface area contributed by atoms with Crippen LogP contribution in [-0.4, -0.2) is 28.6 Å². The minimum Gasteiger partial charge on any atom is -0.480 e. The van der Waals surface area contributed by atoms with Crippen LogP contribution in [0.3, 0.4) is 0 Å². The first-order chi connectivity index (χ1) is 8.10. The van der Waals surface area contributed by atoms with Crippen molar-refractivity contribution in [2.45, 2.75) is 26.3 Å². The molecule has 1 rings (SSSR count). The number of hydrogen-bond donors (Lipinski definition) is 1. The first-order valence-electron chi connectivity index (χ1n) is 5.43. The maximum absolute atomic E-state index is 10.9. The first kappa shape index (κ1) is 13.0. The molecule has 1 aromatic heterocycles. The first-order valence-corrected chi connectivity index (χ1v) is 5.43. The molecule has 0 fully saturated rings. The lowest BCUT2D eigenvalue weighted by Crippen LogP contribution is -2.37. The number of aromatic nitrogens is 1. The van der Waals surface area contributed by atoms with E-state index in [9.17, 15) is 4.79 Å². The van der Waals surface area contributed by atoms with Gasteiger partial charge in [-0.15, -0.1) is 0 Å². The van der Waals surface area contributed by atoms with Crippen LogP contribution in [0.4, 0.5) is 5.69 Å². The number of pyridine rings is 1. The standard InChI is InChI=1S/C12H15N3O2/c1-3-9(2)15(8-12(16)17)11-5-4-6-14-10(11)7-13/h4-6,9H,3,8H2,1-2H3,(H,16,17). The average molecular weight is 233 g/mol. The molecule has 0 spiro atoms. The van der Waals surface area contributed by atoms with Gasteiger partial charge in [0.2, 0.25) is 0 Å². The molecule has 0 aromatic carbocycles. The second-order valence-electron chi connectivity index (χ2n) is 3.76. The zero-order valence-corrected chi connectivity index (χ0v) is 9.92. The zero-order valence-electron chi connectivity index (χ0n) is 9.92. The van der Waals surface area contributed by atoms with Gasteiger partial charge in [0.05, 0.1) is 5.69 Å². The molecule has 90 valence electrons. The third-order valence-electron chi connectivity index (χ3n) is 2.63. The van der Waals surface area contributed by atoms with Crippen molar-refractivity contribution in [3.63, 3.8) is 0 Å². The zero-order chi connectivity index (χ0) is 12.8. The highest BCUT2D eigenvalue weighted by Gasteiger charge is 2.19. The predicted molar refractivity (Wildman–Crippen MR) is 63.7 cm³/mol. The second kappa shape index (κ2) is 5.85. The van der Waals surface area contributed by atoms with Crippen molar-refractivity contribution in [2.24, 2.45) is 0 Å². The quantitative estimate of drug-likeness (QED) is 0.836. The Morgan fingerprint density at radius 1 is 1.71 bits per heavy atom. The highest BCUT2D eigenvalue weighted by atomic mass is 16.4. The van der Waals surface area contributed by atoms with E-state index < -0.39 is 5.97 Å². The number of nitriles is 1. The molecule has 1 N–H and O–H groups in total. The van der Waals surface area contributed by atoms with E-state index >= 15 is 0 Å². The highest BCUT2D eigenvalue weighted by Crippen LogP contribution is 2.21. The van der Waals surface area contributed by atoms with Crippen molar-refractivity contribution in [2.75, 3.05) is 11.4 Å². The number of aliphatic carboxylic acids is 1.